The molecule has 35 heavy (non-hydrogen) atoms. The minimum atomic E-state index is -1.06. The molecule has 0 fully saturated rings. The molecule has 0 saturated heterocycles. The van der Waals surface area contributed by atoms with E-state index in [1.54, 1.807) is 30.3 Å². The molecule has 0 radical (unpaired) electrons. The van der Waals surface area contributed by atoms with Crippen molar-refractivity contribution in [3.63, 3.8) is 0 Å². The van der Waals surface area contributed by atoms with E-state index in [2.05, 4.69) is 31.9 Å². The molecular weight excluding hydrogens is 588 g/mol. The number of methoxy groups -OCH3 is 2. The average Bonchev–Trinajstić information content (AvgIpc) is 2.83. The number of ether oxygens (including phenoxy) is 2. The van der Waals surface area contributed by atoms with Gasteiger partial charge in [-0.3, -0.25) is 15.0 Å². The summed E-state index contributed by atoms with van der Waals surface area (Å²) in [5.74, 6) is -3.14. The third-order valence-electron chi connectivity index (χ3n) is 5.38. The number of halogens is 2. The molecule has 0 aromatic heterocycles. The standard InChI is InChI=1S/C23H18Br2N4O6/c1-11-9-14(24)19(17(25)18(11)29(32)33)28-20(23(31)35-3)16(22(30)34-2)15(13(10-26)21(28)27)12-7-5-4-6-8-12/h4-9,15H,27H2,1-3H3. The number of esters is 2. The number of carbonyl (C=O) groups excluding carboxylic acids is 2. The topological polar surface area (TPSA) is 149 Å². The Bertz CT molecular complexity index is 1350. The third kappa shape index (κ3) is 4.40. The van der Waals surface area contributed by atoms with Crippen molar-refractivity contribution in [1.82, 2.24) is 0 Å². The maximum atomic E-state index is 13.2. The molecule has 2 aromatic carbocycles. The van der Waals surface area contributed by atoms with Crippen molar-refractivity contribution in [2.75, 3.05) is 19.1 Å². The molecule has 1 aliphatic rings. The summed E-state index contributed by atoms with van der Waals surface area (Å²) in [5, 5.41) is 21.9. The number of nitro groups is 1. The van der Waals surface area contributed by atoms with Crippen LogP contribution in [0.3, 0.4) is 0 Å². The number of nitriles is 1. The van der Waals surface area contributed by atoms with Crippen LogP contribution >= 0.6 is 31.9 Å². The van der Waals surface area contributed by atoms with Crippen molar-refractivity contribution >= 4 is 55.2 Å². The zero-order chi connectivity index (χ0) is 26.0. The lowest BCUT2D eigenvalue weighted by Crippen LogP contribution is -2.41. The second-order valence-corrected chi connectivity index (χ2v) is 8.93. The van der Waals surface area contributed by atoms with Gasteiger partial charge in [0.2, 0.25) is 0 Å². The van der Waals surface area contributed by atoms with Crippen LogP contribution < -0.4 is 10.6 Å². The molecule has 0 saturated carbocycles. The predicted molar refractivity (Wildman–Crippen MR) is 133 cm³/mol. The number of nitrogens with two attached hydrogens (primary N) is 1. The van der Waals surface area contributed by atoms with Gasteiger partial charge in [-0.05, 0) is 50.4 Å². The van der Waals surface area contributed by atoms with Gasteiger partial charge in [0, 0.05) is 10.0 Å². The summed E-state index contributed by atoms with van der Waals surface area (Å²) >= 11 is 6.63. The fraction of sp³-hybridized carbons (Fsp3) is 0.174. The highest BCUT2D eigenvalue weighted by Gasteiger charge is 2.44. The predicted octanol–water partition coefficient (Wildman–Crippen LogP) is 4.33. The molecule has 180 valence electrons. The Morgan fingerprint density at radius 2 is 1.77 bits per heavy atom. The molecular formula is C23H18Br2N4O6. The van der Waals surface area contributed by atoms with Gasteiger partial charge in [0.1, 0.15) is 16.0 Å². The van der Waals surface area contributed by atoms with Crippen LogP contribution in [0.4, 0.5) is 11.4 Å². The zero-order valence-corrected chi connectivity index (χ0v) is 21.8. The molecule has 0 spiro atoms. The van der Waals surface area contributed by atoms with Gasteiger partial charge in [-0.15, -0.1) is 0 Å². The highest BCUT2D eigenvalue weighted by atomic mass is 79.9. The Balaban J connectivity index is 2.53. The number of nitro benzene ring substituents is 1. The number of rotatable bonds is 5. The summed E-state index contributed by atoms with van der Waals surface area (Å²) in [6, 6.07) is 12.0. The van der Waals surface area contributed by atoms with Crippen LogP contribution in [-0.2, 0) is 19.1 Å². The number of benzene rings is 2. The fourth-order valence-electron chi connectivity index (χ4n) is 3.89. The second kappa shape index (κ2) is 10.3. The molecule has 1 unspecified atom stereocenters. The lowest BCUT2D eigenvalue weighted by Gasteiger charge is -2.36. The molecule has 1 heterocycles. The SMILES string of the molecule is COC(=O)C1=C(C(=O)OC)N(c2c(Br)cc(C)c([N+](=O)[O-])c2Br)C(N)=C(C#N)C1c1ccccc1. The van der Waals surface area contributed by atoms with E-state index >= 15 is 0 Å². The van der Waals surface area contributed by atoms with Crippen LogP contribution in [0.25, 0.3) is 0 Å². The Labute approximate surface area is 217 Å². The molecule has 0 bridgehead atoms. The summed E-state index contributed by atoms with van der Waals surface area (Å²) < 4.78 is 10.2. The van der Waals surface area contributed by atoms with Gasteiger partial charge < -0.3 is 15.2 Å². The van der Waals surface area contributed by atoms with Crippen molar-refractivity contribution in [3.8, 4) is 6.07 Å². The van der Waals surface area contributed by atoms with E-state index in [0.29, 0.717) is 15.6 Å². The number of hydrogen-bond acceptors (Lipinski definition) is 9. The molecule has 1 aliphatic heterocycles. The first kappa shape index (κ1) is 25.9. The lowest BCUT2D eigenvalue weighted by atomic mass is 9.81. The molecule has 2 aromatic rings. The van der Waals surface area contributed by atoms with E-state index in [4.69, 9.17) is 15.2 Å². The Hall–Kier alpha value is -3.69. The number of aryl methyl sites for hydroxylation is 1. The van der Waals surface area contributed by atoms with Gasteiger partial charge in [-0.2, -0.15) is 5.26 Å². The minimum Gasteiger partial charge on any atom is -0.466 e. The number of allylic oxidation sites excluding steroid dienone is 1. The smallest absolute Gasteiger partial charge is 0.355 e. The molecule has 0 amide bonds. The minimum absolute atomic E-state index is 0.0286. The largest absolute Gasteiger partial charge is 0.466 e. The third-order valence-corrected chi connectivity index (χ3v) is 6.73. The van der Waals surface area contributed by atoms with Crippen molar-refractivity contribution in [2.24, 2.45) is 5.73 Å². The summed E-state index contributed by atoms with van der Waals surface area (Å²) in [7, 11) is 2.24. The van der Waals surface area contributed by atoms with E-state index in [9.17, 15) is 25.0 Å². The molecule has 10 nitrogen and oxygen atoms in total. The number of carbonyl (C=O) groups is 2. The van der Waals surface area contributed by atoms with E-state index < -0.39 is 22.8 Å². The summed E-state index contributed by atoms with van der Waals surface area (Å²) in [6.07, 6.45) is 0. The van der Waals surface area contributed by atoms with Crippen molar-refractivity contribution < 1.29 is 24.0 Å². The first-order valence-corrected chi connectivity index (χ1v) is 11.5. The van der Waals surface area contributed by atoms with Gasteiger partial charge in [-0.1, -0.05) is 30.3 Å². The van der Waals surface area contributed by atoms with Gasteiger partial charge in [0.15, 0.2) is 0 Å². The van der Waals surface area contributed by atoms with Gasteiger partial charge in [-0.25, -0.2) is 9.59 Å². The Kier molecular flexibility index (Phi) is 7.62. The second-order valence-electron chi connectivity index (χ2n) is 7.28. The number of nitrogens with zero attached hydrogens (tertiary/aromatic N) is 3. The van der Waals surface area contributed by atoms with Crippen molar-refractivity contribution in [2.45, 2.75) is 12.8 Å². The van der Waals surface area contributed by atoms with Crippen LogP contribution in [-0.4, -0.2) is 31.1 Å². The molecule has 2 N–H and O–H groups in total. The average molecular weight is 606 g/mol. The molecule has 1 atom stereocenters. The van der Waals surface area contributed by atoms with Crippen LogP contribution in [0.2, 0.25) is 0 Å². The maximum absolute atomic E-state index is 13.2. The van der Waals surface area contributed by atoms with Gasteiger partial charge in [0.05, 0.1) is 48.0 Å². The highest BCUT2D eigenvalue weighted by molar-refractivity contribution is 9.11. The summed E-state index contributed by atoms with van der Waals surface area (Å²) in [4.78, 5) is 38.5. The summed E-state index contributed by atoms with van der Waals surface area (Å²) in [5.41, 5.74) is 6.40. The number of hydrogen-bond donors (Lipinski definition) is 1. The molecule has 0 aliphatic carbocycles. The Morgan fingerprint density at radius 3 is 2.29 bits per heavy atom. The molecule has 12 heteroatoms. The van der Waals surface area contributed by atoms with Crippen molar-refractivity contribution in [1.29, 1.82) is 5.26 Å². The van der Waals surface area contributed by atoms with E-state index in [-0.39, 0.29) is 38.5 Å². The zero-order valence-electron chi connectivity index (χ0n) is 18.7. The highest BCUT2D eigenvalue weighted by Crippen LogP contribution is 2.49. The van der Waals surface area contributed by atoms with Crippen molar-refractivity contribution in [3.05, 3.63) is 89.2 Å². The van der Waals surface area contributed by atoms with Crippen LogP contribution in [0.5, 0.6) is 0 Å². The lowest BCUT2D eigenvalue weighted by molar-refractivity contribution is -0.386. The monoisotopic (exact) mass is 604 g/mol. The maximum Gasteiger partial charge on any atom is 0.355 e. The first-order valence-electron chi connectivity index (χ1n) is 9.89. The quantitative estimate of drug-likeness (QED) is 0.298. The van der Waals surface area contributed by atoms with E-state index in [0.717, 1.165) is 19.1 Å². The summed E-state index contributed by atoms with van der Waals surface area (Å²) in [6.45, 7) is 1.54. The Morgan fingerprint density at radius 1 is 1.17 bits per heavy atom. The van der Waals surface area contributed by atoms with E-state index in [1.165, 1.54) is 13.0 Å². The molecule has 3 rings (SSSR count). The fourth-order valence-corrected chi connectivity index (χ4v) is 5.72. The van der Waals surface area contributed by atoms with E-state index in [1.807, 2.05) is 6.07 Å². The van der Waals surface area contributed by atoms with Crippen LogP contribution in [0.15, 0.2) is 68.0 Å². The normalized spacial score (nSPS) is 15.5. The van der Waals surface area contributed by atoms with Gasteiger partial charge >= 0.3 is 11.9 Å². The van der Waals surface area contributed by atoms with Gasteiger partial charge in [0.25, 0.3) is 5.69 Å². The van der Waals surface area contributed by atoms with Crippen LogP contribution in [0.1, 0.15) is 17.0 Å². The van der Waals surface area contributed by atoms with Crippen LogP contribution in [0, 0.1) is 28.4 Å². The number of anilines is 1. The first-order chi connectivity index (χ1) is 16.6.